The monoisotopic (exact) mass is 566 g/mol. The maximum Gasteiger partial charge on any atom is 0.0237 e. The van der Waals surface area contributed by atoms with Gasteiger partial charge >= 0.3 is 0 Å². The van der Waals surface area contributed by atoms with Crippen molar-refractivity contribution in [2.75, 3.05) is 39.5 Å². The van der Waals surface area contributed by atoms with Crippen molar-refractivity contribution in [3.8, 4) is 0 Å². The molecule has 0 fully saturated rings. The summed E-state index contributed by atoms with van der Waals surface area (Å²) in [5.41, 5.74) is 3.03. The summed E-state index contributed by atoms with van der Waals surface area (Å²) in [5, 5.41) is 6.18. The molecule has 208 valence electrons. The zero-order valence-corrected chi connectivity index (χ0v) is 26.0. The van der Waals surface area contributed by atoms with E-state index in [0.717, 1.165) is 26.2 Å². The van der Waals surface area contributed by atoms with Crippen LogP contribution in [0.5, 0.6) is 0 Å². The summed E-state index contributed by atoms with van der Waals surface area (Å²) in [6.45, 7) is 4.33. The largest absolute Gasteiger partial charge is 0.302 e. The summed E-state index contributed by atoms with van der Waals surface area (Å²) < 4.78 is 0. The second-order valence-electron chi connectivity index (χ2n) is 11.1. The number of hydrogen-bond acceptors (Lipinski definition) is 2. The maximum absolute atomic E-state index is 2.55. The Kier molecular flexibility index (Phi) is 11.0. The lowest BCUT2D eigenvalue weighted by molar-refractivity contribution is 0.321. The van der Waals surface area contributed by atoms with Crippen molar-refractivity contribution in [3.05, 3.63) is 120 Å². The molecule has 1 heterocycles. The van der Waals surface area contributed by atoms with Gasteiger partial charge in [-0.3, -0.25) is 0 Å². The first-order valence-corrected chi connectivity index (χ1v) is 17.9. The molecule has 1 aliphatic heterocycles. The number of benzene rings is 4. The number of nitrogens with zero attached hydrogens (tertiary/aromatic N) is 2. The summed E-state index contributed by atoms with van der Waals surface area (Å²) in [5.74, 6) is 0. The van der Waals surface area contributed by atoms with Crippen LogP contribution in [0.25, 0.3) is 0 Å². The Balaban J connectivity index is 1.41. The van der Waals surface area contributed by atoms with E-state index in [1.165, 1.54) is 59.7 Å². The Morgan fingerprint density at radius 3 is 1.25 bits per heavy atom. The van der Waals surface area contributed by atoms with Gasteiger partial charge in [0.15, 0.2) is 0 Å². The van der Waals surface area contributed by atoms with Gasteiger partial charge in [0, 0.05) is 13.1 Å². The molecule has 0 saturated carbocycles. The van der Waals surface area contributed by atoms with Gasteiger partial charge in [0.25, 0.3) is 0 Å². The van der Waals surface area contributed by atoms with E-state index in [2.05, 4.69) is 133 Å². The minimum absolute atomic E-state index is 0.362. The standard InChI is InChI=1S/C36H44N2P2/c1-37-25-13-15-27-40(34-21-7-4-8-22-34)36-24-12-10-18-32(36)30-38(2)26-14-16-28-39(33-19-5-3-6-20-33)35-23-11-9-17-31(35)29-37/h3-12,17-24H,13-16,25-30H2,1-2H3. The maximum atomic E-state index is 2.55. The van der Waals surface area contributed by atoms with Crippen molar-refractivity contribution in [1.82, 2.24) is 9.80 Å². The van der Waals surface area contributed by atoms with Crippen LogP contribution in [-0.2, 0) is 13.1 Å². The molecule has 0 radical (unpaired) electrons. The molecule has 0 spiro atoms. The van der Waals surface area contributed by atoms with Crippen molar-refractivity contribution in [1.29, 1.82) is 0 Å². The second-order valence-corrected chi connectivity index (χ2v) is 15.7. The van der Waals surface area contributed by atoms with Crippen LogP contribution in [0, 0.1) is 0 Å². The highest BCUT2D eigenvalue weighted by atomic mass is 31.1. The highest BCUT2D eigenvalue weighted by molar-refractivity contribution is 7.73. The summed E-state index contributed by atoms with van der Waals surface area (Å²) in [6.07, 6.45) is 7.49. The molecule has 4 aromatic rings. The molecular formula is C36H44N2P2. The fraction of sp³-hybridized carbons (Fsp3) is 0.333. The first-order valence-electron chi connectivity index (χ1n) is 14.9. The SMILES string of the molecule is CN1CCCCP(c2ccccc2)c2ccccc2CN(C)CCCCP(c2ccccc2)c2ccccc2C1. The Hall–Kier alpha value is -2.34. The molecule has 0 bridgehead atoms. The Labute approximate surface area is 244 Å². The fourth-order valence-corrected chi connectivity index (χ4v) is 11.1. The van der Waals surface area contributed by atoms with Crippen molar-refractivity contribution < 1.29 is 0 Å². The normalized spacial score (nSPS) is 20.6. The predicted octanol–water partition coefficient (Wildman–Crippen LogP) is 6.69. The molecule has 40 heavy (non-hydrogen) atoms. The minimum Gasteiger partial charge on any atom is -0.302 e. The van der Waals surface area contributed by atoms with Crippen LogP contribution in [0.4, 0.5) is 0 Å². The smallest absolute Gasteiger partial charge is 0.0237 e. The first kappa shape index (κ1) is 29.2. The van der Waals surface area contributed by atoms with Crippen LogP contribution in [0.2, 0.25) is 0 Å². The summed E-state index contributed by atoms with van der Waals surface area (Å²) in [4.78, 5) is 5.10. The van der Waals surface area contributed by atoms with Crippen molar-refractivity contribution >= 4 is 37.1 Å². The Morgan fingerprint density at radius 1 is 0.450 bits per heavy atom. The van der Waals surface area contributed by atoms with E-state index in [-0.39, 0.29) is 15.8 Å². The fourth-order valence-electron chi connectivity index (χ4n) is 5.85. The molecular weight excluding hydrogens is 522 g/mol. The highest BCUT2D eigenvalue weighted by Crippen LogP contribution is 2.38. The predicted molar refractivity (Wildman–Crippen MR) is 179 cm³/mol. The quantitative estimate of drug-likeness (QED) is 0.250. The van der Waals surface area contributed by atoms with Gasteiger partial charge in [-0.1, -0.05) is 109 Å². The topological polar surface area (TPSA) is 6.48 Å². The molecule has 0 aliphatic carbocycles. The average Bonchev–Trinajstić information content (AvgIpc) is 2.99. The van der Waals surface area contributed by atoms with E-state index >= 15 is 0 Å². The Morgan fingerprint density at radius 2 is 0.825 bits per heavy atom. The molecule has 5 rings (SSSR count). The number of rotatable bonds is 2. The zero-order chi connectivity index (χ0) is 27.6. The lowest BCUT2D eigenvalue weighted by Crippen LogP contribution is -2.27. The van der Waals surface area contributed by atoms with Gasteiger partial charge in [-0.25, -0.2) is 0 Å². The van der Waals surface area contributed by atoms with Crippen LogP contribution in [0.3, 0.4) is 0 Å². The van der Waals surface area contributed by atoms with Gasteiger partial charge in [-0.05, 0) is 113 Å². The van der Waals surface area contributed by atoms with E-state index < -0.39 is 0 Å². The molecule has 0 amide bonds. The summed E-state index contributed by atoms with van der Waals surface area (Å²) >= 11 is 0. The molecule has 4 heteroatoms. The van der Waals surface area contributed by atoms with Gasteiger partial charge < -0.3 is 9.80 Å². The van der Waals surface area contributed by atoms with Crippen LogP contribution >= 0.6 is 15.8 Å². The number of hydrogen-bond donors (Lipinski definition) is 0. The Bertz CT molecular complexity index is 1210. The van der Waals surface area contributed by atoms with E-state index in [1.54, 1.807) is 10.6 Å². The van der Waals surface area contributed by atoms with Crippen LogP contribution in [0.1, 0.15) is 36.8 Å². The van der Waals surface area contributed by atoms with Crippen LogP contribution in [-0.4, -0.2) is 49.3 Å². The minimum atomic E-state index is -0.362. The van der Waals surface area contributed by atoms with Crippen LogP contribution < -0.4 is 21.2 Å². The summed E-state index contributed by atoms with van der Waals surface area (Å²) in [7, 11) is 3.90. The first-order chi connectivity index (χ1) is 19.7. The van der Waals surface area contributed by atoms with Gasteiger partial charge in [0.05, 0.1) is 0 Å². The van der Waals surface area contributed by atoms with E-state index in [4.69, 9.17) is 0 Å². The highest BCUT2D eigenvalue weighted by Gasteiger charge is 2.20. The second kappa shape index (κ2) is 15.0. The van der Waals surface area contributed by atoms with E-state index in [0.29, 0.717) is 0 Å². The third kappa shape index (κ3) is 7.90. The average molecular weight is 567 g/mol. The summed E-state index contributed by atoms with van der Waals surface area (Å²) in [6, 6.07) is 41.1. The van der Waals surface area contributed by atoms with Crippen LogP contribution in [0.15, 0.2) is 109 Å². The van der Waals surface area contributed by atoms with Crippen molar-refractivity contribution in [3.63, 3.8) is 0 Å². The van der Waals surface area contributed by atoms with Gasteiger partial charge in [-0.15, -0.1) is 0 Å². The van der Waals surface area contributed by atoms with Gasteiger partial charge in [0.1, 0.15) is 0 Å². The van der Waals surface area contributed by atoms with E-state index in [1.807, 2.05) is 0 Å². The van der Waals surface area contributed by atoms with E-state index in [9.17, 15) is 0 Å². The number of fused-ring (bicyclic) bond motifs is 2. The molecule has 1 aliphatic rings. The zero-order valence-electron chi connectivity index (χ0n) is 24.3. The molecule has 0 aromatic heterocycles. The third-order valence-corrected chi connectivity index (χ3v) is 13.3. The molecule has 4 aromatic carbocycles. The molecule has 2 nitrogen and oxygen atoms in total. The molecule has 2 atom stereocenters. The third-order valence-electron chi connectivity index (χ3n) is 7.92. The van der Waals surface area contributed by atoms with Gasteiger partial charge in [0.2, 0.25) is 0 Å². The van der Waals surface area contributed by atoms with Gasteiger partial charge in [-0.2, -0.15) is 0 Å². The molecule has 0 saturated heterocycles. The molecule has 2 unspecified atom stereocenters. The molecule has 0 N–H and O–H groups in total. The van der Waals surface area contributed by atoms with Crippen molar-refractivity contribution in [2.45, 2.75) is 38.8 Å². The lowest BCUT2D eigenvalue weighted by atomic mass is 10.2. The van der Waals surface area contributed by atoms with Crippen molar-refractivity contribution in [2.24, 2.45) is 0 Å². The lowest BCUT2D eigenvalue weighted by Gasteiger charge is -2.27.